The van der Waals surface area contributed by atoms with E-state index in [-0.39, 0.29) is 17.2 Å². The Bertz CT molecular complexity index is 872. The summed E-state index contributed by atoms with van der Waals surface area (Å²) in [5.41, 5.74) is 0. The van der Waals surface area contributed by atoms with Crippen molar-refractivity contribution in [1.29, 1.82) is 0 Å². The maximum Gasteiger partial charge on any atom is 0.261 e. The zero-order chi connectivity index (χ0) is 22.7. The van der Waals surface area contributed by atoms with Gasteiger partial charge in [-0.05, 0) is 41.1 Å². The van der Waals surface area contributed by atoms with Gasteiger partial charge in [-0.2, -0.15) is 0 Å². The van der Waals surface area contributed by atoms with Crippen molar-refractivity contribution in [3.8, 4) is 12.3 Å². The third-order valence-corrected chi connectivity index (χ3v) is 11.9. The summed E-state index contributed by atoms with van der Waals surface area (Å²) in [4.78, 5) is 0. The van der Waals surface area contributed by atoms with Crippen LogP contribution in [0.2, 0.25) is 5.04 Å². The van der Waals surface area contributed by atoms with Gasteiger partial charge in [0.15, 0.2) is 5.79 Å². The summed E-state index contributed by atoms with van der Waals surface area (Å²) in [6, 6.07) is 21.6. The largest absolute Gasteiger partial charge is 0.405 e. The Hall–Kier alpha value is -1.90. The smallest absolute Gasteiger partial charge is 0.261 e. The van der Waals surface area contributed by atoms with Gasteiger partial charge in [-0.1, -0.05) is 87.4 Å². The third-order valence-electron chi connectivity index (χ3n) is 6.93. The van der Waals surface area contributed by atoms with Gasteiger partial charge in [0.2, 0.25) is 0 Å². The molecule has 0 radical (unpaired) electrons. The molecule has 4 rings (SSSR count). The van der Waals surface area contributed by atoms with Crippen LogP contribution < -0.4 is 10.4 Å². The van der Waals surface area contributed by atoms with Gasteiger partial charge >= 0.3 is 0 Å². The van der Waals surface area contributed by atoms with Gasteiger partial charge in [0, 0.05) is 12.8 Å². The molecule has 3 nitrogen and oxygen atoms in total. The molecule has 2 aromatic carbocycles. The monoisotopic (exact) mass is 448 g/mol. The van der Waals surface area contributed by atoms with Crippen LogP contribution in [-0.2, 0) is 13.9 Å². The second kappa shape index (κ2) is 9.53. The minimum Gasteiger partial charge on any atom is -0.405 e. The maximum atomic E-state index is 7.11. The first kappa shape index (κ1) is 23.3. The molecule has 0 saturated carbocycles. The van der Waals surface area contributed by atoms with E-state index < -0.39 is 14.1 Å². The molecule has 0 amide bonds. The Morgan fingerprint density at radius 2 is 1.50 bits per heavy atom. The van der Waals surface area contributed by atoms with Gasteiger partial charge in [-0.25, -0.2) is 0 Å². The van der Waals surface area contributed by atoms with E-state index in [1.807, 2.05) is 0 Å². The minimum absolute atomic E-state index is 0.0157. The SMILES string of the molecule is C#C[C@@H]1CCC[C@]2(CCC[C@@H](CO[Si](c3ccccc3)(c3ccccc3)C(C)(C)C)O2)O1. The number of ether oxygens (including phenoxy) is 2. The van der Waals surface area contributed by atoms with Gasteiger partial charge in [0.25, 0.3) is 8.32 Å². The Kier molecular flexibility index (Phi) is 6.93. The van der Waals surface area contributed by atoms with Gasteiger partial charge in [-0.3, -0.25) is 0 Å². The molecule has 1 spiro atoms. The molecule has 2 fully saturated rings. The van der Waals surface area contributed by atoms with Crippen molar-refractivity contribution < 1.29 is 13.9 Å². The molecule has 0 bridgehead atoms. The molecule has 32 heavy (non-hydrogen) atoms. The predicted octanol–water partition coefficient (Wildman–Crippen LogP) is 5.03. The molecule has 170 valence electrons. The lowest BCUT2D eigenvalue weighted by Gasteiger charge is -2.47. The highest BCUT2D eigenvalue weighted by molar-refractivity contribution is 6.99. The van der Waals surface area contributed by atoms with Gasteiger partial charge in [0.1, 0.15) is 6.10 Å². The molecule has 2 saturated heterocycles. The summed E-state index contributed by atoms with van der Waals surface area (Å²) in [5, 5.41) is 2.55. The van der Waals surface area contributed by atoms with Gasteiger partial charge in [0.05, 0.1) is 12.7 Å². The molecule has 0 unspecified atom stereocenters. The average Bonchev–Trinajstić information content (AvgIpc) is 2.80. The lowest BCUT2D eigenvalue weighted by atomic mass is 9.93. The van der Waals surface area contributed by atoms with Crippen LogP contribution in [0.25, 0.3) is 0 Å². The van der Waals surface area contributed by atoms with Crippen molar-refractivity contribution in [1.82, 2.24) is 0 Å². The molecule has 0 aliphatic carbocycles. The number of benzene rings is 2. The zero-order valence-electron chi connectivity index (χ0n) is 19.7. The van der Waals surface area contributed by atoms with Crippen molar-refractivity contribution in [2.24, 2.45) is 0 Å². The van der Waals surface area contributed by atoms with Crippen molar-refractivity contribution in [3.63, 3.8) is 0 Å². The normalized spacial score (nSPS) is 26.6. The topological polar surface area (TPSA) is 27.7 Å². The van der Waals surface area contributed by atoms with Crippen molar-refractivity contribution in [2.45, 2.75) is 82.3 Å². The Labute approximate surface area is 194 Å². The van der Waals surface area contributed by atoms with E-state index >= 15 is 0 Å². The van der Waals surface area contributed by atoms with E-state index in [0.29, 0.717) is 6.61 Å². The lowest BCUT2D eigenvalue weighted by Crippen LogP contribution is -2.67. The minimum atomic E-state index is -2.57. The molecule has 0 aromatic heterocycles. The predicted molar refractivity (Wildman–Crippen MR) is 133 cm³/mol. The average molecular weight is 449 g/mol. The molecular formula is C28H36O3Si. The Morgan fingerprint density at radius 3 is 2.03 bits per heavy atom. The summed E-state index contributed by atoms with van der Waals surface area (Å²) in [5.74, 6) is 2.25. The van der Waals surface area contributed by atoms with Crippen LogP contribution in [0.15, 0.2) is 60.7 Å². The van der Waals surface area contributed by atoms with E-state index in [2.05, 4.69) is 87.4 Å². The van der Waals surface area contributed by atoms with E-state index in [9.17, 15) is 0 Å². The Morgan fingerprint density at radius 1 is 0.938 bits per heavy atom. The van der Waals surface area contributed by atoms with Crippen LogP contribution in [0, 0.1) is 12.3 Å². The first-order valence-electron chi connectivity index (χ1n) is 12.0. The van der Waals surface area contributed by atoms with E-state index in [0.717, 1.165) is 38.5 Å². The van der Waals surface area contributed by atoms with Crippen LogP contribution in [-0.4, -0.2) is 32.9 Å². The maximum absolute atomic E-state index is 7.11. The summed E-state index contributed by atoms with van der Waals surface area (Å²) in [7, 11) is -2.57. The molecule has 2 aliphatic heterocycles. The van der Waals surface area contributed by atoms with Gasteiger partial charge < -0.3 is 13.9 Å². The number of hydrogen-bond donors (Lipinski definition) is 0. The quantitative estimate of drug-likeness (QED) is 0.474. The van der Waals surface area contributed by atoms with Crippen LogP contribution in [0.4, 0.5) is 0 Å². The standard InChI is InChI=1S/C28H36O3Si/c1-5-23-14-12-20-28(30-23)21-13-15-24(31-28)22-29-32(27(2,3)4,25-16-8-6-9-17-25)26-18-10-7-11-19-26/h1,6-11,16-19,23-24H,12-15,20-22H2,2-4H3/t23-,24+,28+/m1/s1. The highest BCUT2D eigenvalue weighted by Crippen LogP contribution is 2.41. The zero-order valence-corrected chi connectivity index (χ0v) is 20.7. The first-order chi connectivity index (χ1) is 15.4. The molecule has 4 heteroatoms. The molecule has 2 aromatic rings. The number of rotatable bonds is 5. The fourth-order valence-electron chi connectivity index (χ4n) is 5.44. The van der Waals surface area contributed by atoms with E-state index in [4.69, 9.17) is 20.3 Å². The summed E-state index contributed by atoms with van der Waals surface area (Å²) < 4.78 is 20.0. The summed E-state index contributed by atoms with van der Waals surface area (Å²) in [6.45, 7) is 7.50. The Balaban J connectivity index is 1.62. The summed E-state index contributed by atoms with van der Waals surface area (Å²) in [6.07, 6.45) is 11.4. The fraction of sp³-hybridized carbons (Fsp3) is 0.500. The second-order valence-electron chi connectivity index (χ2n) is 10.2. The summed E-state index contributed by atoms with van der Waals surface area (Å²) >= 11 is 0. The molecular weight excluding hydrogens is 412 g/mol. The van der Waals surface area contributed by atoms with Crippen LogP contribution >= 0.6 is 0 Å². The molecule has 2 aliphatic rings. The fourth-order valence-corrected chi connectivity index (χ4v) is 10.0. The van der Waals surface area contributed by atoms with Crippen LogP contribution in [0.1, 0.15) is 59.3 Å². The third kappa shape index (κ3) is 4.58. The first-order valence-corrected chi connectivity index (χ1v) is 13.9. The van der Waals surface area contributed by atoms with Crippen LogP contribution in [0.5, 0.6) is 0 Å². The van der Waals surface area contributed by atoms with Crippen molar-refractivity contribution in [2.75, 3.05) is 6.61 Å². The molecule has 3 atom stereocenters. The second-order valence-corrected chi connectivity index (χ2v) is 14.5. The van der Waals surface area contributed by atoms with Gasteiger partial charge in [-0.15, -0.1) is 6.42 Å². The van der Waals surface area contributed by atoms with Crippen LogP contribution in [0.3, 0.4) is 0 Å². The van der Waals surface area contributed by atoms with Crippen molar-refractivity contribution >= 4 is 18.7 Å². The van der Waals surface area contributed by atoms with Crippen molar-refractivity contribution in [3.05, 3.63) is 60.7 Å². The van der Waals surface area contributed by atoms with E-state index in [1.54, 1.807) is 0 Å². The highest BCUT2D eigenvalue weighted by Gasteiger charge is 2.51. The molecule has 0 N–H and O–H groups in total. The lowest BCUT2D eigenvalue weighted by molar-refractivity contribution is -0.308. The highest BCUT2D eigenvalue weighted by atomic mass is 28.4. The number of terminal acetylenes is 1. The molecule has 2 heterocycles. The van der Waals surface area contributed by atoms with E-state index in [1.165, 1.54) is 10.4 Å². The number of hydrogen-bond acceptors (Lipinski definition) is 3.